The van der Waals surface area contributed by atoms with E-state index >= 15 is 0 Å². The molecule has 0 unspecified atom stereocenters. The zero-order chi connectivity index (χ0) is 14.6. The summed E-state index contributed by atoms with van der Waals surface area (Å²) in [5.41, 5.74) is 6.25. The van der Waals surface area contributed by atoms with Crippen LogP contribution in [0.25, 0.3) is 0 Å². The Morgan fingerprint density at radius 1 is 0.950 bits per heavy atom. The minimum absolute atomic E-state index is 0.0241. The third-order valence-corrected chi connectivity index (χ3v) is 2.96. The lowest BCUT2D eigenvalue weighted by Gasteiger charge is -2.05. The van der Waals surface area contributed by atoms with Crippen LogP contribution in [0.4, 0.5) is 4.79 Å². The second-order valence-electron chi connectivity index (χ2n) is 4.69. The summed E-state index contributed by atoms with van der Waals surface area (Å²) in [4.78, 5) is 21.9. The van der Waals surface area contributed by atoms with Crippen molar-refractivity contribution in [3.8, 4) is 0 Å². The van der Waals surface area contributed by atoms with E-state index in [4.69, 9.17) is 5.73 Å². The Balaban J connectivity index is 1.95. The molecule has 1 rings (SSSR count). The van der Waals surface area contributed by atoms with Crippen LogP contribution in [0.1, 0.15) is 31.2 Å². The van der Waals surface area contributed by atoms with Crippen molar-refractivity contribution in [2.75, 3.05) is 13.1 Å². The Kier molecular flexibility index (Phi) is 7.87. The van der Waals surface area contributed by atoms with Crippen LogP contribution in [0.15, 0.2) is 30.3 Å². The molecular weight excluding hydrogens is 254 g/mol. The summed E-state index contributed by atoms with van der Waals surface area (Å²) >= 11 is 0. The fraction of sp³-hybridized carbons (Fsp3) is 0.467. The van der Waals surface area contributed by atoms with Gasteiger partial charge in [0.15, 0.2) is 0 Å². The van der Waals surface area contributed by atoms with E-state index in [1.165, 1.54) is 5.56 Å². The van der Waals surface area contributed by atoms with Crippen LogP contribution in [0.2, 0.25) is 0 Å². The van der Waals surface area contributed by atoms with Gasteiger partial charge in [0.1, 0.15) is 0 Å². The third kappa shape index (κ3) is 8.13. The number of carbonyl (C=O) groups excluding carboxylic acids is 2. The van der Waals surface area contributed by atoms with E-state index in [-0.39, 0.29) is 5.91 Å². The highest BCUT2D eigenvalue weighted by atomic mass is 16.2. The normalized spacial score (nSPS) is 10.0. The molecule has 3 amide bonds. The van der Waals surface area contributed by atoms with Crippen LogP contribution in [0, 0.1) is 0 Å². The first kappa shape index (κ1) is 16.0. The fourth-order valence-electron chi connectivity index (χ4n) is 1.91. The van der Waals surface area contributed by atoms with Crippen LogP contribution in [0.3, 0.4) is 0 Å². The van der Waals surface area contributed by atoms with Gasteiger partial charge in [-0.2, -0.15) is 0 Å². The van der Waals surface area contributed by atoms with Crippen molar-refractivity contribution in [3.63, 3.8) is 0 Å². The van der Waals surface area contributed by atoms with Crippen molar-refractivity contribution in [2.24, 2.45) is 5.73 Å². The Morgan fingerprint density at radius 2 is 1.65 bits per heavy atom. The molecule has 0 saturated heterocycles. The van der Waals surface area contributed by atoms with E-state index in [2.05, 4.69) is 22.8 Å². The van der Waals surface area contributed by atoms with Crippen molar-refractivity contribution in [3.05, 3.63) is 35.9 Å². The molecular formula is C15H23N3O2. The largest absolute Gasteiger partial charge is 0.354 e. The standard InChI is InChI=1S/C15H23N3O2/c16-15(20)18-12-11-17-14(19)10-6-2-5-9-13-7-3-1-4-8-13/h1,3-4,7-8H,2,5-6,9-12H2,(H,17,19)(H3,16,18,20). The predicted octanol–water partition coefficient (Wildman–Crippen LogP) is 1.57. The lowest BCUT2D eigenvalue weighted by molar-refractivity contribution is -0.121. The molecule has 0 fully saturated rings. The summed E-state index contributed by atoms with van der Waals surface area (Å²) in [5, 5.41) is 5.16. The molecule has 5 heteroatoms. The van der Waals surface area contributed by atoms with Gasteiger partial charge in [-0.15, -0.1) is 0 Å². The molecule has 1 aromatic carbocycles. The van der Waals surface area contributed by atoms with E-state index < -0.39 is 6.03 Å². The number of nitrogens with two attached hydrogens (primary N) is 1. The zero-order valence-electron chi connectivity index (χ0n) is 11.7. The Bertz CT molecular complexity index is 407. The maximum Gasteiger partial charge on any atom is 0.312 e. The summed E-state index contributed by atoms with van der Waals surface area (Å²) in [6.07, 6.45) is 4.63. The fourth-order valence-corrected chi connectivity index (χ4v) is 1.91. The maximum absolute atomic E-state index is 11.5. The van der Waals surface area contributed by atoms with Gasteiger partial charge in [0.2, 0.25) is 5.91 Å². The second kappa shape index (κ2) is 9.83. The summed E-state index contributed by atoms with van der Waals surface area (Å²) in [6, 6.07) is 9.78. The van der Waals surface area contributed by atoms with E-state index in [0.717, 1.165) is 25.7 Å². The molecule has 0 aromatic heterocycles. The lowest BCUT2D eigenvalue weighted by atomic mass is 10.1. The SMILES string of the molecule is NC(=O)NCCNC(=O)CCCCCc1ccccc1. The Morgan fingerprint density at radius 3 is 2.35 bits per heavy atom. The number of nitrogens with one attached hydrogen (secondary N) is 2. The summed E-state index contributed by atoms with van der Waals surface area (Å²) < 4.78 is 0. The first-order chi connectivity index (χ1) is 9.68. The number of carbonyl (C=O) groups is 2. The second-order valence-corrected chi connectivity index (χ2v) is 4.69. The molecule has 0 bridgehead atoms. The smallest absolute Gasteiger partial charge is 0.312 e. The monoisotopic (exact) mass is 277 g/mol. The molecule has 0 aliphatic rings. The highest BCUT2D eigenvalue weighted by molar-refractivity contribution is 5.76. The quantitative estimate of drug-likeness (QED) is 0.599. The molecule has 0 heterocycles. The van der Waals surface area contributed by atoms with E-state index in [1.54, 1.807) is 0 Å². The van der Waals surface area contributed by atoms with Crippen LogP contribution < -0.4 is 16.4 Å². The number of aryl methyl sites for hydroxylation is 1. The molecule has 0 aliphatic carbocycles. The van der Waals surface area contributed by atoms with Crippen LogP contribution >= 0.6 is 0 Å². The molecule has 110 valence electrons. The molecule has 0 atom stereocenters. The maximum atomic E-state index is 11.5. The van der Waals surface area contributed by atoms with E-state index in [9.17, 15) is 9.59 Å². The van der Waals surface area contributed by atoms with Crippen LogP contribution in [-0.4, -0.2) is 25.0 Å². The van der Waals surface area contributed by atoms with Crippen LogP contribution in [0.5, 0.6) is 0 Å². The summed E-state index contributed by atoms with van der Waals surface area (Å²) in [6.45, 7) is 0.793. The van der Waals surface area contributed by atoms with Crippen molar-refractivity contribution in [1.29, 1.82) is 0 Å². The number of hydrogen-bond donors (Lipinski definition) is 3. The summed E-state index contributed by atoms with van der Waals surface area (Å²) in [5.74, 6) is 0.0241. The van der Waals surface area contributed by atoms with Crippen molar-refractivity contribution in [2.45, 2.75) is 32.1 Å². The van der Waals surface area contributed by atoms with Gasteiger partial charge in [-0.05, 0) is 24.8 Å². The molecule has 1 aromatic rings. The Hall–Kier alpha value is -2.04. The minimum atomic E-state index is -0.569. The molecule has 0 aliphatic heterocycles. The lowest BCUT2D eigenvalue weighted by Crippen LogP contribution is -2.37. The highest BCUT2D eigenvalue weighted by Crippen LogP contribution is 2.07. The zero-order valence-corrected chi connectivity index (χ0v) is 11.7. The number of hydrogen-bond acceptors (Lipinski definition) is 2. The Labute approximate surface area is 119 Å². The highest BCUT2D eigenvalue weighted by Gasteiger charge is 2.01. The van der Waals surface area contributed by atoms with Crippen molar-refractivity contribution in [1.82, 2.24) is 10.6 Å². The van der Waals surface area contributed by atoms with Gasteiger partial charge in [-0.25, -0.2) is 4.79 Å². The number of amides is 3. The first-order valence-electron chi connectivity index (χ1n) is 7.02. The van der Waals surface area contributed by atoms with E-state index in [0.29, 0.717) is 19.5 Å². The average molecular weight is 277 g/mol. The number of benzene rings is 1. The molecule has 4 N–H and O–H groups in total. The van der Waals surface area contributed by atoms with Gasteiger partial charge in [0, 0.05) is 19.5 Å². The van der Waals surface area contributed by atoms with Crippen molar-refractivity contribution < 1.29 is 9.59 Å². The van der Waals surface area contributed by atoms with Gasteiger partial charge >= 0.3 is 6.03 Å². The topological polar surface area (TPSA) is 84.2 Å². The number of rotatable bonds is 9. The minimum Gasteiger partial charge on any atom is -0.354 e. The molecule has 0 spiro atoms. The molecule has 20 heavy (non-hydrogen) atoms. The van der Waals surface area contributed by atoms with Gasteiger partial charge < -0.3 is 16.4 Å². The summed E-state index contributed by atoms with van der Waals surface area (Å²) in [7, 11) is 0. The molecule has 5 nitrogen and oxygen atoms in total. The predicted molar refractivity (Wildman–Crippen MR) is 79.2 cm³/mol. The van der Waals surface area contributed by atoms with E-state index in [1.807, 2.05) is 18.2 Å². The van der Waals surface area contributed by atoms with Gasteiger partial charge in [0.25, 0.3) is 0 Å². The van der Waals surface area contributed by atoms with Gasteiger partial charge in [-0.3, -0.25) is 4.79 Å². The molecule has 0 radical (unpaired) electrons. The number of urea groups is 1. The molecule has 0 saturated carbocycles. The van der Waals surface area contributed by atoms with Crippen LogP contribution in [-0.2, 0) is 11.2 Å². The van der Waals surface area contributed by atoms with Gasteiger partial charge in [-0.1, -0.05) is 36.8 Å². The number of unbranched alkanes of at least 4 members (excludes halogenated alkanes) is 2. The third-order valence-electron chi connectivity index (χ3n) is 2.96. The van der Waals surface area contributed by atoms with Gasteiger partial charge in [0.05, 0.1) is 0 Å². The van der Waals surface area contributed by atoms with Crippen molar-refractivity contribution >= 4 is 11.9 Å². The number of primary amides is 1. The average Bonchev–Trinajstić information content (AvgIpc) is 2.44. The first-order valence-corrected chi connectivity index (χ1v) is 7.02.